The molecule has 0 saturated carbocycles. The molecule has 3 aromatic rings. The van der Waals surface area contributed by atoms with Gasteiger partial charge < -0.3 is 10.3 Å². The number of aliphatic imine (C=N–C) groups is 1. The minimum atomic E-state index is 0.405. The number of amidine groups is 1. The quantitative estimate of drug-likeness (QED) is 0.257. The molecule has 0 amide bonds. The summed E-state index contributed by atoms with van der Waals surface area (Å²) in [5, 5.41) is 3.86. The molecule has 0 unspecified atom stereocenters. The van der Waals surface area contributed by atoms with Crippen molar-refractivity contribution in [3.63, 3.8) is 0 Å². The molecule has 1 heterocycles. The Bertz CT molecular complexity index is 1080. The van der Waals surface area contributed by atoms with Gasteiger partial charge >= 0.3 is 0 Å². The number of aryl methyl sites for hydroxylation is 1. The molecule has 34 heavy (non-hydrogen) atoms. The van der Waals surface area contributed by atoms with Gasteiger partial charge in [0.1, 0.15) is 5.84 Å². The van der Waals surface area contributed by atoms with E-state index < -0.39 is 0 Å². The maximum Gasteiger partial charge on any atom is 0.111 e. The first-order chi connectivity index (χ1) is 16.1. The molecule has 0 aliphatic rings. The lowest BCUT2D eigenvalue weighted by Gasteiger charge is -2.23. The minimum absolute atomic E-state index is 0.405. The van der Waals surface area contributed by atoms with Crippen LogP contribution in [-0.4, -0.2) is 10.8 Å². The van der Waals surface area contributed by atoms with Crippen LogP contribution in [0, 0.1) is 6.92 Å². The number of H-pyrrole nitrogens is 1. The zero-order valence-electron chi connectivity index (χ0n) is 22.6. The lowest BCUT2D eigenvalue weighted by molar-refractivity contribution is 0.833. The number of nitrogens with zero attached hydrogens (tertiary/aromatic N) is 1. The number of hydrogen-bond acceptors (Lipinski definition) is 1. The molecular formula is C31H43N3. The highest BCUT2D eigenvalue weighted by Crippen LogP contribution is 2.36. The molecule has 3 nitrogen and oxygen atoms in total. The van der Waals surface area contributed by atoms with E-state index in [1.54, 1.807) is 0 Å². The van der Waals surface area contributed by atoms with Crippen molar-refractivity contribution in [3.8, 4) is 0 Å². The predicted molar refractivity (Wildman–Crippen MR) is 149 cm³/mol. The molecule has 0 saturated heterocycles. The predicted octanol–water partition coefficient (Wildman–Crippen LogP) is 9.20. The first-order valence-corrected chi connectivity index (χ1v) is 12.8. The standard InChI is InChI=1S/C31H43N3/c1-19(2)25-12-10-13-26(20(3)4)30(25)33-29(16-24-18-32-17-23(24)9)34-31-27(21(5)6)14-11-15-28(31)22(7)8/h10-15,17-22,32H,16H2,1-9H3,(H,33,34). The molecule has 1 aromatic heterocycles. The topological polar surface area (TPSA) is 40.2 Å². The average molecular weight is 458 g/mol. The molecule has 0 spiro atoms. The second-order valence-corrected chi connectivity index (χ2v) is 10.7. The van der Waals surface area contributed by atoms with Gasteiger partial charge in [0.15, 0.2) is 0 Å². The first kappa shape index (κ1) is 25.8. The van der Waals surface area contributed by atoms with Crippen molar-refractivity contribution in [2.75, 3.05) is 5.32 Å². The van der Waals surface area contributed by atoms with Crippen LogP contribution in [0.15, 0.2) is 53.8 Å². The Balaban J connectivity index is 2.22. The van der Waals surface area contributed by atoms with Crippen molar-refractivity contribution in [2.24, 2.45) is 4.99 Å². The lowest BCUT2D eigenvalue weighted by Crippen LogP contribution is -2.19. The summed E-state index contributed by atoms with van der Waals surface area (Å²) in [5.74, 6) is 2.65. The number of nitrogens with one attached hydrogen (secondary N) is 2. The van der Waals surface area contributed by atoms with E-state index in [-0.39, 0.29) is 0 Å². The van der Waals surface area contributed by atoms with Gasteiger partial charge in [-0.15, -0.1) is 0 Å². The van der Waals surface area contributed by atoms with Gasteiger partial charge in [-0.05, 0) is 64.0 Å². The van der Waals surface area contributed by atoms with Crippen LogP contribution in [0.3, 0.4) is 0 Å². The van der Waals surface area contributed by atoms with Gasteiger partial charge in [0.2, 0.25) is 0 Å². The third-order valence-corrected chi connectivity index (χ3v) is 6.65. The molecule has 0 aliphatic carbocycles. The fraction of sp³-hybridized carbons (Fsp3) is 0.452. The van der Waals surface area contributed by atoms with Crippen molar-refractivity contribution in [2.45, 2.75) is 92.4 Å². The zero-order valence-corrected chi connectivity index (χ0v) is 22.6. The molecule has 2 aromatic carbocycles. The summed E-state index contributed by atoms with van der Waals surface area (Å²) in [6.45, 7) is 20.3. The second kappa shape index (κ2) is 11.1. The molecule has 0 bridgehead atoms. The maximum absolute atomic E-state index is 5.40. The van der Waals surface area contributed by atoms with E-state index in [1.165, 1.54) is 39.1 Å². The average Bonchev–Trinajstić information content (AvgIpc) is 3.17. The van der Waals surface area contributed by atoms with Crippen LogP contribution < -0.4 is 5.32 Å². The highest BCUT2D eigenvalue weighted by Gasteiger charge is 2.19. The zero-order chi connectivity index (χ0) is 25.0. The Labute approximate surface area is 207 Å². The number of aromatic amines is 1. The minimum Gasteiger partial charge on any atom is -0.367 e. The van der Waals surface area contributed by atoms with Gasteiger partial charge in [0.05, 0.1) is 5.69 Å². The largest absolute Gasteiger partial charge is 0.367 e. The van der Waals surface area contributed by atoms with Crippen LogP contribution in [-0.2, 0) is 6.42 Å². The first-order valence-electron chi connectivity index (χ1n) is 12.8. The van der Waals surface area contributed by atoms with Gasteiger partial charge in [-0.25, -0.2) is 4.99 Å². The van der Waals surface area contributed by atoms with Crippen LogP contribution >= 0.6 is 0 Å². The van der Waals surface area contributed by atoms with Crippen molar-refractivity contribution < 1.29 is 0 Å². The SMILES string of the molecule is Cc1c[nH]cc1CC(=Nc1c(C(C)C)cccc1C(C)C)Nc1c(C(C)C)cccc1C(C)C. The van der Waals surface area contributed by atoms with Crippen molar-refractivity contribution in [1.29, 1.82) is 0 Å². The summed E-state index contributed by atoms with van der Waals surface area (Å²) < 4.78 is 0. The summed E-state index contributed by atoms with van der Waals surface area (Å²) in [7, 11) is 0. The number of benzene rings is 2. The number of anilines is 1. The van der Waals surface area contributed by atoms with Gasteiger partial charge in [0.25, 0.3) is 0 Å². The Kier molecular flexibility index (Phi) is 8.41. The molecule has 0 fully saturated rings. The molecule has 0 atom stereocenters. The van der Waals surface area contributed by atoms with E-state index in [0.29, 0.717) is 23.7 Å². The Morgan fingerprint density at radius 2 is 1.21 bits per heavy atom. The van der Waals surface area contributed by atoms with Crippen molar-refractivity contribution >= 4 is 17.2 Å². The van der Waals surface area contributed by atoms with E-state index >= 15 is 0 Å². The van der Waals surface area contributed by atoms with E-state index in [4.69, 9.17) is 4.99 Å². The fourth-order valence-electron chi connectivity index (χ4n) is 4.57. The van der Waals surface area contributed by atoms with Crippen LogP contribution in [0.4, 0.5) is 11.4 Å². The third kappa shape index (κ3) is 5.81. The van der Waals surface area contributed by atoms with Gasteiger partial charge in [-0.2, -0.15) is 0 Å². The Morgan fingerprint density at radius 3 is 1.62 bits per heavy atom. The highest BCUT2D eigenvalue weighted by molar-refractivity contribution is 6.00. The Hall–Kier alpha value is -2.81. The second-order valence-electron chi connectivity index (χ2n) is 10.7. The smallest absolute Gasteiger partial charge is 0.111 e. The van der Waals surface area contributed by atoms with Gasteiger partial charge in [-0.1, -0.05) is 91.8 Å². The molecule has 2 N–H and O–H groups in total. The van der Waals surface area contributed by atoms with Crippen LogP contribution in [0.5, 0.6) is 0 Å². The van der Waals surface area contributed by atoms with Crippen LogP contribution in [0.2, 0.25) is 0 Å². The fourth-order valence-corrected chi connectivity index (χ4v) is 4.57. The van der Waals surface area contributed by atoms with Crippen molar-refractivity contribution in [3.05, 3.63) is 82.2 Å². The van der Waals surface area contributed by atoms with Gasteiger partial charge in [0, 0.05) is 24.5 Å². The molecular weight excluding hydrogens is 414 g/mol. The molecule has 3 heteroatoms. The Morgan fingerprint density at radius 1 is 0.735 bits per heavy atom. The summed E-state index contributed by atoms with van der Waals surface area (Å²) in [4.78, 5) is 8.67. The van der Waals surface area contributed by atoms with Gasteiger partial charge in [-0.3, -0.25) is 0 Å². The maximum atomic E-state index is 5.40. The molecule has 0 aliphatic heterocycles. The molecule has 182 valence electrons. The van der Waals surface area contributed by atoms with E-state index in [1.807, 2.05) is 0 Å². The number of hydrogen-bond donors (Lipinski definition) is 2. The highest BCUT2D eigenvalue weighted by atomic mass is 15.0. The summed E-state index contributed by atoms with van der Waals surface area (Å²) in [5.41, 5.74) is 10.2. The monoisotopic (exact) mass is 457 g/mol. The normalized spacial score (nSPS) is 12.4. The van der Waals surface area contributed by atoms with Crippen molar-refractivity contribution in [1.82, 2.24) is 4.98 Å². The van der Waals surface area contributed by atoms with E-state index in [2.05, 4.69) is 121 Å². The molecule has 0 radical (unpaired) electrons. The van der Waals surface area contributed by atoms with E-state index in [0.717, 1.165) is 17.9 Å². The van der Waals surface area contributed by atoms with E-state index in [9.17, 15) is 0 Å². The third-order valence-electron chi connectivity index (χ3n) is 6.65. The van der Waals surface area contributed by atoms with Crippen LogP contribution in [0.25, 0.3) is 0 Å². The summed E-state index contributed by atoms with van der Waals surface area (Å²) in [6.07, 6.45) is 4.92. The number of rotatable bonds is 8. The number of para-hydroxylation sites is 2. The lowest BCUT2D eigenvalue weighted by atomic mass is 9.92. The summed E-state index contributed by atoms with van der Waals surface area (Å²) in [6, 6.07) is 13.3. The molecule has 3 rings (SSSR count). The summed E-state index contributed by atoms with van der Waals surface area (Å²) >= 11 is 0. The van der Waals surface area contributed by atoms with Crippen LogP contribution in [0.1, 0.15) is 112 Å². The number of aromatic nitrogens is 1.